The lowest BCUT2D eigenvalue weighted by Gasteiger charge is -2.23. The molecular weight excluding hydrogens is 467 g/mol. The molecule has 1 saturated heterocycles. The second-order valence-electron chi connectivity index (χ2n) is 8.53. The highest BCUT2D eigenvalue weighted by atomic mass is 32.2. The second kappa shape index (κ2) is 8.09. The van der Waals surface area contributed by atoms with E-state index >= 15 is 0 Å². The van der Waals surface area contributed by atoms with Crippen LogP contribution in [0, 0.1) is 25.6 Å². The SMILES string of the molecule is Cc1noc(N2CC3COc4c(cn(C)c4C(=O)Nc4ccc(F)c(C)c4)S(=O)(=O)NC3C2)n1. The van der Waals surface area contributed by atoms with E-state index in [1.54, 1.807) is 20.9 Å². The van der Waals surface area contributed by atoms with E-state index in [4.69, 9.17) is 9.26 Å². The van der Waals surface area contributed by atoms with Crippen molar-refractivity contribution in [2.75, 3.05) is 29.9 Å². The number of hydrogen-bond acceptors (Lipinski definition) is 8. The quantitative estimate of drug-likeness (QED) is 0.566. The summed E-state index contributed by atoms with van der Waals surface area (Å²) in [5, 5.41) is 6.47. The van der Waals surface area contributed by atoms with Crippen molar-refractivity contribution < 1.29 is 26.9 Å². The number of halogens is 1. The number of hydrogen-bond donors (Lipinski definition) is 2. The zero-order valence-corrected chi connectivity index (χ0v) is 19.5. The number of nitrogens with one attached hydrogen (secondary N) is 2. The van der Waals surface area contributed by atoms with Crippen LogP contribution < -0.4 is 19.7 Å². The molecule has 5 rings (SSSR count). The van der Waals surface area contributed by atoms with Crippen LogP contribution in [0.25, 0.3) is 0 Å². The van der Waals surface area contributed by atoms with Crippen LogP contribution in [0.2, 0.25) is 0 Å². The summed E-state index contributed by atoms with van der Waals surface area (Å²) < 4.78 is 55.3. The van der Waals surface area contributed by atoms with Crippen LogP contribution in [0.3, 0.4) is 0 Å². The van der Waals surface area contributed by atoms with Crippen LogP contribution >= 0.6 is 0 Å². The molecule has 0 aliphatic carbocycles. The number of fused-ring (bicyclic) bond motifs is 2. The van der Waals surface area contributed by atoms with Gasteiger partial charge in [-0.2, -0.15) is 4.98 Å². The van der Waals surface area contributed by atoms with Gasteiger partial charge < -0.3 is 24.0 Å². The molecule has 1 aromatic carbocycles. The fourth-order valence-corrected chi connectivity index (χ4v) is 5.77. The number of nitrogens with zero attached hydrogens (tertiary/aromatic N) is 4. The van der Waals surface area contributed by atoms with Gasteiger partial charge in [0, 0.05) is 44.0 Å². The van der Waals surface area contributed by atoms with Crippen molar-refractivity contribution in [2.45, 2.75) is 24.8 Å². The van der Waals surface area contributed by atoms with E-state index in [0.717, 1.165) is 0 Å². The summed E-state index contributed by atoms with van der Waals surface area (Å²) in [5.41, 5.74) is 0.798. The molecule has 3 aromatic rings. The molecule has 0 radical (unpaired) electrons. The Morgan fingerprint density at radius 2 is 2.09 bits per heavy atom. The van der Waals surface area contributed by atoms with Crippen molar-refractivity contribution in [2.24, 2.45) is 13.0 Å². The molecular formula is C21H23FN6O5S. The third kappa shape index (κ3) is 3.90. The van der Waals surface area contributed by atoms with E-state index in [-0.39, 0.29) is 28.9 Å². The summed E-state index contributed by atoms with van der Waals surface area (Å²) in [6.07, 6.45) is 1.34. The van der Waals surface area contributed by atoms with E-state index < -0.39 is 27.8 Å². The van der Waals surface area contributed by atoms with Crippen LogP contribution in [-0.2, 0) is 17.1 Å². The summed E-state index contributed by atoms with van der Waals surface area (Å²) in [4.78, 5) is 19.0. The molecule has 11 nitrogen and oxygen atoms in total. The van der Waals surface area contributed by atoms with Crippen molar-refractivity contribution in [3.8, 4) is 5.75 Å². The minimum Gasteiger partial charge on any atom is -0.489 e. The predicted molar refractivity (Wildman–Crippen MR) is 119 cm³/mol. The maximum absolute atomic E-state index is 13.6. The van der Waals surface area contributed by atoms with Crippen molar-refractivity contribution in [3.05, 3.63) is 47.3 Å². The van der Waals surface area contributed by atoms with Crippen molar-refractivity contribution in [3.63, 3.8) is 0 Å². The summed E-state index contributed by atoms with van der Waals surface area (Å²) in [7, 11) is -2.43. The van der Waals surface area contributed by atoms with Crippen LogP contribution in [-0.4, -0.2) is 54.8 Å². The highest BCUT2D eigenvalue weighted by Crippen LogP contribution is 2.35. The smallest absolute Gasteiger partial charge is 0.324 e. The zero-order valence-electron chi connectivity index (χ0n) is 18.7. The lowest BCUT2D eigenvalue weighted by molar-refractivity contribution is 0.101. The van der Waals surface area contributed by atoms with Crippen LogP contribution in [0.15, 0.2) is 33.8 Å². The average molecular weight is 491 g/mol. The zero-order chi connectivity index (χ0) is 24.2. The van der Waals surface area contributed by atoms with Gasteiger partial charge in [0.2, 0.25) is 10.0 Å². The largest absolute Gasteiger partial charge is 0.489 e. The van der Waals surface area contributed by atoms with Gasteiger partial charge in [-0.3, -0.25) is 4.79 Å². The van der Waals surface area contributed by atoms with E-state index in [9.17, 15) is 17.6 Å². The standard InChI is InChI=1S/C21H23FN6O5S/c1-11-6-14(4-5-15(11)22)24-20(29)18-19-17(9-27(18)3)34(30,31)26-16-8-28(7-13(16)10-32-19)21-23-12(2)25-33-21/h4-6,9,13,16,26H,7-8,10H2,1-3H3,(H,24,29). The fourth-order valence-electron chi connectivity index (χ4n) is 4.28. The minimum atomic E-state index is -4.00. The molecule has 2 aliphatic rings. The second-order valence-corrected chi connectivity index (χ2v) is 10.2. The molecule has 0 spiro atoms. The van der Waals surface area contributed by atoms with E-state index in [1.165, 1.54) is 29.0 Å². The van der Waals surface area contributed by atoms with Gasteiger partial charge in [0.05, 0.1) is 6.61 Å². The van der Waals surface area contributed by atoms with Gasteiger partial charge >= 0.3 is 6.01 Å². The molecule has 2 aliphatic heterocycles. The number of amides is 1. The van der Waals surface area contributed by atoms with E-state index in [0.29, 0.717) is 36.2 Å². The number of ether oxygens (including phenoxy) is 1. The lowest BCUT2D eigenvalue weighted by Crippen LogP contribution is -2.43. The normalized spacial score (nSPS) is 21.2. The van der Waals surface area contributed by atoms with Gasteiger partial charge in [-0.05, 0) is 37.6 Å². The molecule has 4 heterocycles. The fraction of sp³-hybridized carbons (Fsp3) is 0.381. The van der Waals surface area contributed by atoms with Crippen molar-refractivity contribution in [1.29, 1.82) is 0 Å². The molecule has 34 heavy (non-hydrogen) atoms. The molecule has 1 amide bonds. The van der Waals surface area contributed by atoms with E-state index in [2.05, 4.69) is 20.2 Å². The van der Waals surface area contributed by atoms with Crippen molar-refractivity contribution >= 4 is 27.6 Å². The number of rotatable bonds is 3. The molecule has 0 saturated carbocycles. The summed E-state index contributed by atoms with van der Waals surface area (Å²) in [6, 6.07) is 4.06. The van der Waals surface area contributed by atoms with Crippen LogP contribution in [0.5, 0.6) is 5.75 Å². The van der Waals surface area contributed by atoms with Gasteiger partial charge in [-0.15, -0.1) is 0 Å². The molecule has 2 unspecified atom stereocenters. The first-order valence-corrected chi connectivity index (χ1v) is 12.1. The molecule has 2 aromatic heterocycles. The monoisotopic (exact) mass is 490 g/mol. The van der Waals surface area contributed by atoms with Gasteiger partial charge in [0.1, 0.15) is 10.7 Å². The highest BCUT2D eigenvalue weighted by molar-refractivity contribution is 7.89. The Labute approximate surface area is 194 Å². The van der Waals surface area contributed by atoms with E-state index in [1.807, 2.05) is 4.90 Å². The van der Waals surface area contributed by atoms with Gasteiger partial charge in [0.15, 0.2) is 17.3 Å². The first-order valence-electron chi connectivity index (χ1n) is 10.6. The summed E-state index contributed by atoms with van der Waals surface area (Å²) in [5.74, 6) is -0.728. The number of carbonyl (C=O) groups is 1. The molecule has 1 fully saturated rings. The topological polar surface area (TPSA) is 132 Å². The Morgan fingerprint density at radius 3 is 2.79 bits per heavy atom. The number of benzene rings is 1. The maximum Gasteiger partial charge on any atom is 0.324 e. The Bertz CT molecular complexity index is 1380. The Hall–Kier alpha value is -3.45. The first-order chi connectivity index (χ1) is 16.1. The van der Waals surface area contributed by atoms with Crippen molar-refractivity contribution in [1.82, 2.24) is 19.4 Å². The third-order valence-electron chi connectivity index (χ3n) is 6.00. The number of anilines is 2. The number of aryl methyl sites for hydroxylation is 3. The molecule has 2 N–H and O–H groups in total. The molecule has 0 bridgehead atoms. The minimum absolute atomic E-state index is 0.0307. The van der Waals surface area contributed by atoms with Gasteiger partial charge in [-0.1, -0.05) is 5.16 Å². The number of carbonyl (C=O) groups excluding carboxylic acids is 1. The molecule has 13 heteroatoms. The highest BCUT2D eigenvalue weighted by Gasteiger charge is 2.42. The third-order valence-corrected chi connectivity index (χ3v) is 7.48. The summed E-state index contributed by atoms with van der Waals surface area (Å²) >= 11 is 0. The van der Waals surface area contributed by atoms with Crippen LogP contribution in [0.1, 0.15) is 21.9 Å². The number of aromatic nitrogens is 3. The Kier molecular flexibility index (Phi) is 5.32. The number of sulfonamides is 1. The molecule has 180 valence electrons. The molecule has 2 atom stereocenters. The van der Waals surface area contributed by atoms with Gasteiger partial charge in [0.25, 0.3) is 5.91 Å². The predicted octanol–water partition coefficient (Wildman–Crippen LogP) is 1.59. The average Bonchev–Trinajstić information content (AvgIpc) is 3.45. The van der Waals surface area contributed by atoms with Crippen LogP contribution in [0.4, 0.5) is 16.1 Å². The first kappa shape index (κ1) is 22.3. The lowest BCUT2D eigenvalue weighted by atomic mass is 10.1. The maximum atomic E-state index is 13.6. The summed E-state index contributed by atoms with van der Waals surface area (Å²) in [6.45, 7) is 4.24. The Balaban J connectivity index is 1.43. The van der Waals surface area contributed by atoms with Gasteiger partial charge in [-0.25, -0.2) is 17.5 Å². The Morgan fingerprint density at radius 1 is 1.29 bits per heavy atom.